The van der Waals surface area contributed by atoms with Gasteiger partial charge in [0, 0.05) is 0 Å². The minimum absolute atomic E-state index is 0.530. The average molecular weight is 201 g/mol. The van der Waals surface area contributed by atoms with Crippen LogP contribution in [0.3, 0.4) is 0 Å². The largest absolute Gasteiger partial charge is 0.476 e. The van der Waals surface area contributed by atoms with E-state index in [4.69, 9.17) is 5.11 Å². The maximum absolute atomic E-state index is 10.2. The van der Waals surface area contributed by atoms with Gasteiger partial charge in [-0.2, -0.15) is 5.10 Å². The van der Waals surface area contributed by atoms with Crippen LogP contribution >= 0.6 is 0 Å². The summed E-state index contributed by atoms with van der Waals surface area (Å²) in [5.41, 5.74) is -1.10. The first-order valence-corrected chi connectivity index (χ1v) is 3.96. The third-order valence-electron chi connectivity index (χ3n) is 1.02. The number of carboxylic acids is 1. The van der Waals surface area contributed by atoms with Crippen molar-refractivity contribution in [3.8, 4) is 0 Å². The van der Waals surface area contributed by atoms with Crippen molar-refractivity contribution in [1.82, 2.24) is 10.2 Å². The van der Waals surface area contributed by atoms with Gasteiger partial charge in [0.05, 0.1) is 4.92 Å². The molecule has 0 aliphatic heterocycles. The number of nitrogens with zero attached hydrogens (tertiary/aromatic N) is 2. The first kappa shape index (κ1) is 12.1. The molecule has 7 nitrogen and oxygen atoms in total. The quantitative estimate of drug-likeness (QED) is 0.555. The number of nitrogens with one attached hydrogen (secondary N) is 1. The van der Waals surface area contributed by atoms with Gasteiger partial charge in [-0.25, -0.2) is 4.79 Å². The standard InChI is InChI=1S/C4H3N3O4.C3H8/c8-4(9)3-2(7(10)11)1-5-6-3;1-3-2/h1H,(H,5,6)(H,8,9);3H2,1-2H3. The molecule has 0 spiro atoms. The lowest BCUT2D eigenvalue weighted by Crippen LogP contribution is -2.00. The molecule has 14 heavy (non-hydrogen) atoms. The maximum atomic E-state index is 10.2. The summed E-state index contributed by atoms with van der Waals surface area (Å²) in [5.74, 6) is -1.42. The number of hydrogen-bond acceptors (Lipinski definition) is 4. The third-order valence-corrected chi connectivity index (χ3v) is 1.02. The summed E-state index contributed by atoms with van der Waals surface area (Å²) in [7, 11) is 0. The van der Waals surface area contributed by atoms with Crippen LogP contribution in [-0.4, -0.2) is 26.2 Å². The molecule has 0 radical (unpaired) electrons. The first-order chi connectivity index (χ1) is 6.54. The topological polar surface area (TPSA) is 109 Å². The Balaban J connectivity index is 0.000000500. The molecule has 0 fully saturated rings. The Morgan fingerprint density at radius 1 is 1.71 bits per heavy atom. The summed E-state index contributed by atoms with van der Waals surface area (Å²) in [6.07, 6.45) is 2.17. The monoisotopic (exact) mass is 201 g/mol. The van der Waals surface area contributed by atoms with E-state index in [0.29, 0.717) is 0 Å². The second-order valence-corrected chi connectivity index (χ2v) is 2.39. The van der Waals surface area contributed by atoms with Gasteiger partial charge in [0.1, 0.15) is 6.20 Å². The van der Waals surface area contributed by atoms with Crippen molar-refractivity contribution in [1.29, 1.82) is 0 Å². The van der Waals surface area contributed by atoms with Crippen molar-refractivity contribution in [2.75, 3.05) is 0 Å². The summed E-state index contributed by atoms with van der Waals surface area (Å²) in [6, 6.07) is 0. The number of aromatic amines is 1. The number of carbonyl (C=O) groups is 1. The highest BCUT2D eigenvalue weighted by molar-refractivity contribution is 5.89. The smallest absolute Gasteiger partial charge is 0.363 e. The van der Waals surface area contributed by atoms with Gasteiger partial charge in [-0.1, -0.05) is 20.3 Å². The van der Waals surface area contributed by atoms with Crippen molar-refractivity contribution >= 4 is 11.7 Å². The molecule has 0 bridgehead atoms. The van der Waals surface area contributed by atoms with Crippen LogP contribution in [0.2, 0.25) is 0 Å². The van der Waals surface area contributed by atoms with Crippen LogP contribution < -0.4 is 0 Å². The fraction of sp³-hybridized carbons (Fsp3) is 0.429. The number of carboxylic acid groups (broad SMARTS) is 1. The molecule has 0 aliphatic carbocycles. The molecule has 0 unspecified atom stereocenters. The van der Waals surface area contributed by atoms with E-state index in [0.717, 1.165) is 6.20 Å². The van der Waals surface area contributed by atoms with E-state index < -0.39 is 22.3 Å². The van der Waals surface area contributed by atoms with E-state index >= 15 is 0 Å². The predicted molar refractivity (Wildman–Crippen MR) is 48.2 cm³/mol. The van der Waals surface area contributed by atoms with Gasteiger partial charge in [0.15, 0.2) is 0 Å². The molecule has 1 aromatic rings. The zero-order valence-electron chi connectivity index (χ0n) is 7.85. The second-order valence-electron chi connectivity index (χ2n) is 2.39. The number of rotatable bonds is 2. The van der Waals surface area contributed by atoms with E-state index in [1.165, 1.54) is 6.42 Å². The molecule has 7 heteroatoms. The molecule has 1 heterocycles. The highest BCUT2D eigenvalue weighted by Gasteiger charge is 2.22. The van der Waals surface area contributed by atoms with E-state index in [9.17, 15) is 14.9 Å². The third kappa shape index (κ3) is 3.21. The number of aromatic nitrogens is 2. The molecule has 1 rings (SSSR count). The van der Waals surface area contributed by atoms with Gasteiger partial charge in [0.2, 0.25) is 5.69 Å². The summed E-state index contributed by atoms with van der Waals surface area (Å²) in [4.78, 5) is 19.5. The number of hydrogen-bond donors (Lipinski definition) is 2. The summed E-state index contributed by atoms with van der Waals surface area (Å²) in [5, 5.41) is 23.6. The Bertz CT molecular complexity index is 292. The Kier molecular flexibility index (Phi) is 4.90. The molecule has 1 aromatic heterocycles. The van der Waals surface area contributed by atoms with Crippen LogP contribution in [0.15, 0.2) is 6.20 Å². The number of H-pyrrole nitrogens is 1. The highest BCUT2D eigenvalue weighted by atomic mass is 16.6. The Labute approximate surface area is 79.9 Å². The second kappa shape index (κ2) is 5.68. The van der Waals surface area contributed by atoms with Gasteiger partial charge in [-0.3, -0.25) is 15.2 Å². The molecular weight excluding hydrogens is 190 g/mol. The minimum Gasteiger partial charge on any atom is -0.476 e. The van der Waals surface area contributed by atoms with Crippen LogP contribution in [0.5, 0.6) is 0 Å². The highest BCUT2D eigenvalue weighted by Crippen LogP contribution is 2.13. The van der Waals surface area contributed by atoms with E-state index in [-0.39, 0.29) is 0 Å². The van der Waals surface area contributed by atoms with E-state index in [1.807, 2.05) is 0 Å². The maximum Gasteiger partial charge on any atom is 0.363 e. The zero-order valence-corrected chi connectivity index (χ0v) is 7.85. The fourth-order valence-electron chi connectivity index (χ4n) is 0.580. The lowest BCUT2D eigenvalue weighted by atomic mass is 10.4. The van der Waals surface area contributed by atoms with Crippen LogP contribution in [0.1, 0.15) is 30.8 Å². The predicted octanol–water partition coefficient (Wildman–Crippen LogP) is 1.43. The summed E-state index contributed by atoms with van der Waals surface area (Å²) in [6.45, 7) is 4.25. The molecule has 2 N–H and O–H groups in total. The molecule has 78 valence electrons. The van der Waals surface area contributed by atoms with Gasteiger partial charge in [-0.05, 0) is 0 Å². The van der Waals surface area contributed by atoms with Crippen LogP contribution in [-0.2, 0) is 0 Å². The molecule has 0 saturated carbocycles. The average Bonchev–Trinajstić information content (AvgIpc) is 2.52. The summed E-state index contributed by atoms with van der Waals surface area (Å²) < 4.78 is 0. The Morgan fingerprint density at radius 2 is 2.21 bits per heavy atom. The normalized spacial score (nSPS) is 8.71. The molecule has 0 aliphatic rings. The van der Waals surface area contributed by atoms with Gasteiger partial charge < -0.3 is 5.11 Å². The van der Waals surface area contributed by atoms with Crippen molar-refractivity contribution in [3.63, 3.8) is 0 Å². The zero-order chi connectivity index (χ0) is 11.1. The Hall–Kier alpha value is -1.92. The lowest BCUT2D eigenvalue weighted by Gasteiger charge is -1.85. The van der Waals surface area contributed by atoms with Gasteiger partial charge in [-0.15, -0.1) is 0 Å². The Morgan fingerprint density at radius 3 is 2.50 bits per heavy atom. The number of nitro groups is 1. The van der Waals surface area contributed by atoms with E-state index in [1.54, 1.807) is 0 Å². The van der Waals surface area contributed by atoms with Crippen molar-refractivity contribution in [2.45, 2.75) is 20.3 Å². The van der Waals surface area contributed by atoms with Crippen LogP contribution in [0.25, 0.3) is 0 Å². The fourth-order valence-corrected chi connectivity index (χ4v) is 0.580. The van der Waals surface area contributed by atoms with Crippen LogP contribution in [0, 0.1) is 10.1 Å². The van der Waals surface area contributed by atoms with Gasteiger partial charge in [0.25, 0.3) is 0 Å². The van der Waals surface area contributed by atoms with Crippen molar-refractivity contribution in [2.24, 2.45) is 0 Å². The number of aromatic carboxylic acids is 1. The molecular formula is C7H11N3O4. The summed E-state index contributed by atoms with van der Waals surface area (Å²) >= 11 is 0. The van der Waals surface area contributed by atoms with E-state index in [2.05, 4.69) is 24.0 Å². The van der Waals surface area contributed by atoms with Crippen molar-refractivity contribution < 1.29 is 14.8 Å². The van der Waals surface area contributed by atoms with Gasteiger partial charge >= 0.3 is 11.7 Å². The lowest BCUT2D eigenvalue weighted by molar-refractivity contribution is -0.385. The molecule has 0 atom stereocenters. The molecule has 0 saturated heterocycles. The molecule has 0 aromatic carbocycles. The minimum atomic E-state index is -1.42. The first-order valence-electron chi connectivity index (χ1n) is 3.96. The van der Waals surface area contributed by atoms with Crippen molar-refractivity contribution in [3.05, 3.63) is 22.0 Å². The molecule has 0 amide bonds. The SMILES string of the molecule is CCC.O=C(O)c1n[nH]cc1[N+](=O)[O-]. The van der Waals surface area contributed by atoms with Crippen LogP contribution in [0.4, 0.5) is 5.69 Å².